The Bertz CT molecular complexity index is 649. The Balaban J connectivity index is 2.25. The van der Waals surface area contributed by atoms with E-state index in [1.807, 2.05) is 0 Å². The highest BCUT2D eigenvalue weighted by molar-refractivity contribution is 6.12. The van der Waals surface area contributed by atoms with Gasteiger partial charge in [-0.25, -0.2) is 0 Å². The third-order valence-electron chi connectivity index (χ3n) is 3.88. The molecule has 1 aliphatic rings. The molecule has 1 unspecified atom stereocenters. The molecule has 2 rings (SSSR count). The molecule has 0 radical (unpaired) electrons. The largest absolute Gasteiger partial charge is 0.388 e. The average molecular weight is 300 g/mol. The predicted octanol–water partition coefficient (Wildman–Crippen LogP) is 2.54. The fraction of sp³-hybridized carbons (Fsp3) is 0.353. The maximum atomic E-state index is 12.6. The Hall–Kier alpha value is -2.43. The van der Waals surface area contributed by atoms with E-state index in [4.69, 9.17) is 0 Å². The van der Waals surface area contributed by atoms with Gasteiger partial charge in [-0.1, -0.05) is 18.7 Å². The van der Waals surface area contributed by atoms with E-state index < -0.39 is 0 Å². The number of nitrogens with one attached hydrogen (secondary N) is 2. The van der Waals surface area contributed by atoms with Gasteiger partial charge in [0.2, 0.25) is 5.91 Å². The highest BCUT2D eigenvalue weighted by Gasteiger charge is 2.28. The van der Waals surface area contributed by atoms with Crippen molar-refractivity contribution in [2.45, 2.75) is 26.2 Å². The van der Waals surface area contributed by atoms with Gasteiger partial charge in [0.15, 0.2) is 11.6 Å². The van der Waals surface area contributed by atoms with Crippen LogP contribution in [0.3, 0.4) is 0 Å². The van der Waals surface area contributed by atoms with E-state index >= 15 is 0 Å². The molecule has 1 aromatic rings. The molecular weight excluding hydrogens is 280 g/mol. The molecule has 0 aromatic heterocycles. The smallest absolute Gasteiger partial charge is 0.227 e. The van der Waals surface area contributed by atoms with E-state index in [1.54, 1.807) is 25.2 Å². The van der Waals surface area contributed by atoms with Crippen LogP contribution in [0.15, 0.2) is 30.5 Å². The van der Waals surface area contributed by atoms with Crippen LogP contribution in [0.1, 0.15) is 46.9 Å². The lowest BCUT2D eigenvalue weighted by atomic mass is 9.88. The van der Waals surface area contributed by atoms with Crippen LogP contribution in [0.4, 0.5) is 5.69 Å². The monoisotopic (exact) mass is 300 g/mol. The first-order valence-corrected chi connectivity index (χ1v) is 7.27. The lowest BCUT2D eigenvalue weighted by Crippen LogP contribution is -2.35. The molecule has 1 saturated heterocycles. The van der Waals surface area contributed by atoms with Gasteiger partial charge in [0, 0.05) is 36.3 Å². The molecule has 0 spiro atoms. The number of hydrogen-bond donors (Lipinski definition) is 2. The highest BCUT2D eigenvalue weighted by atomic mass is 16.2. The quantitative estimate of drug-likeness (QED) is 0.819. The molecule has 0 aliphatic carbocycles. The van der Waals surface area contributed by atoms with Gasteiger partial charge < -0.3 is 10.6 Å². The predicted molar refractivity (Wildman–Crippen MR) is 84.9 cm³/mol. The Morgan fingerprint density at radius 3 is 2.73 bits per heavy atom. The van der Waals surface area contributed by atoms with Crippen LogP contribution in [-0.2, 0) is 4.79 Å². The van der Waals surface area contributed by atoms with E-state index in [1.165, 1.54) is 6.92 Å². The van der Waals surface area contributed by atoms with Crippen LogP contribution in [0, 0.1) is 5.92 Å². The van der Waals surface area contributed by atoms with E-state index in [-0.39, 0.29) is 29.8 Å². The molecular formula is C17H20N2O3. The van der Waals surface area contributed by atoms with Crippen LogP contribution in [0.25, 0.3) is 0 Å². The van der Waals surface area contributed by atoms with Gasteiger partial charge in [0.1, 0.15) is 0 Å². The van der Waals surface area contributed by atoms with Crippen molar-refractivity contribution in [2.24, 2.45) is 5.92 Å². The van der Waals surface area contributed by atoms with Crippen LogP contribution in [0.2, 0.25) is 0 Å². The Labute approximate surface area is 129 Å². The summed E-state index contributed by atoms with van der Waals surface area (Å²) in [5.41, 5.74) is 2.07. The SMILES string of the molecule is C=C1CCC(CC(=O)c2cccc(NC)c2C(C)=O)C(=O)N1. The van der Waals surface area contributed by atoms with Gasteiger partial charge in [0.05, 0.1) is 5.56 Å². The molecule has 2 N–H and O–H groups in total. The minimum atomic E-state index is -0.365. The second kappa shape index (κ2) is 6.56. The van der Waals surface area contributed by atoms with Gasteiger partial charge in [-0.05, 0) is 25.8 Å². The van der Waals surface area contributed by atoms with E-state index in [0.29, 0.717) is 35.4 Å². The minimum Gasteiger partial charge on any atom is -0.388 e. The average Bonchev–Trinajstić information content (AvgIpc) is 2.48. The zero-order valence-corrected chi connectivity index (χ0v) is 12.9. The molecule has 1 amide bonds. The number of allylic oxidation sites excluding steroid dienone is 1. The number of hydrogen-bond acceptors (Lipinski definition) is 4. The number of carbonyl (C=O) groups excluding carboxylic acids is 3. The number of piperidine rings is 1. The molecule has 22 heavy (non-hydrogen) atoms. The van der Waals surface area contributed by atoms with Crippen molar-refractivity contribution >= 4 is 23.2 Å². The molecule has 1 atom stereocenters. The van der Waals surface area contributed by atoms with Crippen LogP contribution in [-0.4, -0.2) is 24.5 Å². The van der Waals surface area contributed by atoms with Gasteiger partial charge in [-0.3, -0.25) is 14.4 Å². The standard InChI is InChI=1S/C17H20N2O3/c1-10-7-8-12(17(22)19-10)9-15(21)13-5-4-6-14(18-3)16(13)11(2)20/h4-6,12,18H,1,7-9H2,2-3H3,(H,19,22). The van der Waals surface area contributed by atoms with Crippen molar-refractivity contribution in [3.63, 3.8) is 0 Å². The maximum Gasteiger partial charge on any atom is 0.227 e. The van der Waals surface area contributed by atoms with Crippen molar-refractivity contribution in [2.75, 3.05) is 12.4 Å². The van der Waals surface area contributed by atoms with Gasteiger partial charge in [-0.2, -0.15) is 0 Å². The minimum absolute atomic E-state index is 0.104. The zero-order valence-electron chi connectivity index (χ0n) is 12.9. The molecule has 5 nitrogen and oxygen atoms in total. The summed E-state index contributed by atoms with van der Waals surface area (Å²) in [5.74, 6) is -0.889. The summed E-state index contributed by atoms with van der Waals surface area (Å²) < 4.78 is 0. The number of rotatable bonds is 5. The number of Topliss-reactive ketones (excluding diaryl/α,β-unsaturated/α-hetero) is 2. The first-order valence-electron chi connectivity index (χ1n) is 7.27. The van der Waals surface area contributed by atoms with E-state index in [0.717, 1.165) is 0 Å². The summed E-state index contributed by atoms with van der Waals surface area (Å²) in [6, 6.07) is 5.12. The number of carbonyl (C=O) groups is 3. The van der Waals surface area contributed by atoms with Crippen molar-refractivity contribution in [3.8, 4) is 0 Å². The molecule has 1 heterocycles. The van der Waals surface area contributed by atoms with Crippen molar-refractivity contribution < 1.29 is 14.4 Å². The molecule has 116 valence electrons. The van der Waals surface area contributed by atoms with Gasteiger partial charge in [0.25, 0.3) is 0 Å². The number of ketones is 2. The van der Waals surface area contributed by atoms with Crippen molar-refractivity contribution in [3.05, 3.63) is 41.6 Å². The Morgan fingerprint density at radius 2 is 2.14 bits per heavy atom. The first kappa shape index (κ1) is 15.9. The second-order valence-electron chi connectivity index (χ2n) is 5.49. The van der Waals surface area contributed by atoms with Crippen LogP contribution >= 0.6 is 0 Å². The number of amides is 1. The van der Waals surface area contributed by atoms with Crippen LogP contribution < -0.4 is 10.6 Å². The lowest BCUT2D eigenvalue weighted by Gasteiger charge is -2.23. The molecule has 1 aromatic carbocycles. The van der Waals surface area contributed by atoms with Crippen LogP contribution in [0.5, 0.6) is 0 Å². The normalized spacial score (nSPS) is 17.8. The lowest BCUT2D eigenvalue weighted by molar-refractivity contribution is -0.125. The van der Waals surface area contributed by atoms with E-state index in [9.17, 15) is 14.4 Å². The molecule has 5 heteroatoms. The fourth-order valence-corrected chi connectivity index (χ4v) is 2.72. The van der Waals surface area contributed by atoms with Crippen molar-refractivity contribution in [1.29, 1.82) is 0 Å². The van der Waals surface area contributed by atoms with Gasteiger partial charge in [-0.15, -0.1) is 0 Å². The fourth-order valence-electron chi connectivity index (χ4n) is 2.72. The molecule has 0 bridgehead atoms. The second-order valence-corrected chi connectivity index (χ2v) is 5.49. The highest BCUT2D eigenvalue weighted by Crippen LogP contribution is 2.26. The first-order chi connectivity index (χ1) is 10.4. The van der Waals surface area contributed by atoms with Crippen molar-refractivity contribution in [1.82, 2.24) is 5.32 Å². The molecule has 0 saturated carbocycles. The summed E-state index contributed by atoms with van der Waals surface area (Å²) >= 11 is 0. The Kier molecular flexibility index (Phi) is 4.75. The zero-order chi connectivity index (χ0) is 16.3. The summed E-state index contributed by atoms with van der Waals surface area (Å²) in [6.45, 7) is 5.16. The Morgan fingerprint density at radius 1 is 1.41 bits per heavy atom. The summed E-state index contributed by atoms with van der Waals surface area (Å²) in [5, 5.41) is 5.61. The third-order valence-corrected chi connectivity index (χ3v) is 3.88. The maximum absolute atomic E-state index is 12.6. The molecule has 1 aliphatic heterocycles. The summed E-state index contributed by atoms with van der Waals surface area (Å²) in [7, 11) is 1.70. The van der Waals surface area contributed by atoms with Gasteiger partial charge >= 0.3 is 0 Å². The van der Waals surface area contributed by atoms with E-state index in [2.05, 4.69) is 17.2 Å². The summed E-state index contributed by atoms with van der Waals surface area (Å²) in [4.78, 5) is 36.3. The summed E-state index contributed by atoms with van der Waals surface area (Å²) in [6.07, 6.45) is 1.39. The number of benzene rings is 1. The third kappa shape index (κ3) is 3.24. The number of anilines is 1. The topological polar surface area (TPSA) is 75.3 Å². The molecule has 1 fully saturated rings.